The molecule has 17 heavy (non-hydrogen) atoms. The Hall–Kier alpha value is -1.26. The summed E-state index contributed by atoms with van der Waals surface area (Å²) >= 11 is 0. The minimum absolute atomic E-state index is 0.250. The van der Waals surface area contributed by atoms with Crippen LogP contribution in [0.1, 0.15) is 6.42 Å². The lowest BCUT2D eigenvalue weighted by Gasteiger charge is -2.34. The second-order valence-corrected chi connectivity index (χ2v) is 4.22. The van der Waals surface area contributed by atoms with E-state index in [2.05, 4.69) is 17.0 Å². The second kappa shape index (κ2) is 5.89. The lowest BCUT2D eigenvalue weighted by molar-refractivity contribution is 0.0368. The highest BCUT2D eigenvalue weighted by Gasteiger charge is 2.20. The van der Waals surface area contributed by atoms with Crippen molar-refractivity contribution in [3.05, 3.63) is 24.3 Å². The van der Waals surface area contributed by atoms with E-state index in [0.717, 1.165) is 31.9 Å². The molecule has 4 nitrogen and oxygen atoms in total. The van der Waals surface area contributed by atoms with Crippen molar-refractivity contribution in [1.82, 2.24) is 0 Å². The Morgan fingerprint density at radius 2 is 2.41 bits per heavy atom. The van der Waals surface area contributed by atoms with Gasteiger partial charge in [0.05, 0.1) is 19.8 Å². The summed E-state index contributed by atoms with van der Waals surface area (Å²) in [5.41, 5.74) is 6.76. The molecular formula is C13H20N2O2. The Morgan fingerprint density at radius 1 is 1.53 bits per heavy atom. The van der Waals surface area contributed by atoms with E-state index in [0.29, 0.717) is 6.54 Å². The molecule has 2 N–H and O–H groups in total. The third-order valence-corrected chi connectivity index (χ3v) is 3.05. The summed E-state index contributed by atoms with van der Waals surface area (Å²) in [6.07, 6.45) is 1.17. The number of anilines is 1. The van der Waals surface area contributed by atoms with Gasteiger partial charge in [0.1, 0.15) is 5.75 Å². The van der Waals surface area contributed by atoms with Crippen LogP contribution in [0.25, 0.3) is 0 Å². The van der Waals surface area contributed by atoms with Gasteiger partial charge in [-0.05, 0) is 25.1 Å². The van der Waals surface area contributed by atoms with Crippen LogP contribution in [0, 0.1) is 0 Å². The predicted octanol–water partition coefficient (Wildman–Crippen LogP) is 1.25. The maximum Gasteiger partial charge on any atom is 0.120 e. The Balaban J connectivity index is 2.05. The average Bonchev–Trinajstić information content (AvgIpc) is 2.40. The average molecular weight is 236 g/mol. The van der Waals surface area contributed by atoms with Crippen LogP contribution < -0.4 is 15.4 Å². The zero-order valence-corrected chi connectivity index (χ0v) is 10.3. The molecule has 0 aliphatic carbocycles. The molecule has 1 aliphatic rings. The maximum absolute atomic E-state index is 5.67. The number of benzene rings is 1. The minimum Gasteiger partial charge on any atom is -0.497 e. The normalized spacial score (nSPS) is 20.4. The molecule has 0 aromatic heterocycles. The van der Waals surface area contributed by atoms with Crippen molar-refractivity contribution in [2.24, 2.45) is 5.73 Å². The van der Waals surface area contributed by atoms with Crippen LogP contribution in [0.2, 0.25) is 0 Å². The summed E-state index contributed by atoms with van der Waals surface area (Å²) in [6, 6.07) is 8.14. The van der Waals surface area contributed by atoms with Crippen molar-refractivity contribution in [3.63, 3.8) is 0 Å². The highest BCUT2D eigenvalue weighted by atomic mass is 16.5. The Labute approximate surface area is 102 Å². The van der Waals surface area contributed by atoms with Crippen LogP contribution in [0.15, 0.2) is 24.3 Å². The van der Waals surface area contributed by atoms with Gasteiger partial charge in [-0.1, -0.05) is 6.07 Å². The summed E-state index contributed by atoms with van der Waals surface area (Å²) < 4.78 is 10.9. The third-order valence-electron chi connectivity index (χ3n) is 3.05. The zero-order chi connectivity index (χ0) is 12.1. The monoisotopic (exact) mass is 236 g/mol. The van der Waals surface area contributed by atoms with Gasteiger partial charge >= 0.3 is 0 Å². The largest absolute Gasteiger partial charge is 0.497 e. The number of nitrogens with zero attached hydrogens (tertiary/aromatic N) is 1. The third kappa shape index (κ3) is 3.11. The minimum atomic E-state index is 0.250. The van der Waals surface area contributed by atoms with E-state index < -0.39 is 0 Å². The molecule has 1 heterocycles. The van der Waals surface area contributed by atoms with Crippen LogP contribution >= 0.6 is 0 Å². The number of methoxy groups -OCH3 is 1. The molecule has 0 bridgehead atoms. The number of ether oxygens (including phenoxy) is 2. The number of nitrogens with two attached hydrogens (primary N) is 1. The van der Waals surface area contributed by atoms with Crippen molar-refractivity contribution in [2.45, 2.75) is 12.5 Å². The van der Waals surface area contributed by atoms with Gasteiger partial charge in [0.25, 0.3) is 0 Å². The van der Waals surface area contributed by atoms with Gasteiger partial charge in [0.2, 0.25) is 0 Å². The van der Waals surface area contributed by atoms with E-state index in [1.54, 1.807) is 7.11 Å². The topological polar surface area (TPSA) is 47.7 Å². The van der Waals surface area contributed by atoms with Gasteiger partial charge in [-0.2, -0.15) is 0 Å². The van der Waals surface area contributed by atoms with Gasteiger partial charge in [0.15, 0.2) is 0 Å². The first-order valence-electron chi connectivity index (χ1n) is 6.04. The molecule has 0 amide bonds. The van der Waals surface area contributed by atoms with E-state index >= 15 is 0 Å². The van der Waals surface area contributed by atoms with Gasteiger partial charge in [-0.3, -0.25) is 0 Å². The molecule has 1 saturated heterocycles. The molecule has 0 saturated carbocycles. The fourth-order valence-electron chi connectivity index (χ4n) is 2.12. The van der Waals surface area contributed by atoms with Crippen LogP contribution in [0.3, 0.4) is 0 Å². The second-order valence-electron chi connectivity index (χ2n) is 4.22. The molecule has 1 fully saturated rings. The van der Waals surface area contributed by atoms with Gasteiger partial charge in [-0.25, -0.2) is 0 Å². The van der Waals surface area contributed by atoms with Crippen LogP contribution in [0.5, 0.6) is 5.75 Å². The van der Waals surface area contributed by atoms with E-state index in [1.165, 1.54) is 5.69 Å². The van der Waals surface area contributed by atoms with E-state index in [9.17, 15) is 0 Å². The van der Waals surface area contributed by atoms with E-state index in [1.807, 2.05) is 12.1 Å². The zero-order valence-electron chi connectivity index (χ0n) is 10.3. The van der Waals surface area contributed by atoms with Crippen molar-refractivity contribution in [3.8, 4) is 5.75 Å². The first-order chi connectivity index (χ1) is 8.33. The van der Waals surface area contributed by atoms with Gasteiger partial charge in [0, 0.05) is 24.8 Å². The summed E-state index contributed by atoms with van der Waals surface area (Å²) in [6.45, 7) is 3.27. The van der Waals surface area contributed by atoms with Gasteiger partial charge in [-0.15, -0.1) is 0 Å². The summed E-state index contributed by atoms with van der Waals surface area (Å²) in [5.74, 6) is 0.893. The molecule has 1 aromatic carbocycles. The Bertz CT molecular complexity index is 355. The molecule has 1 unspecified atom stereocenters. The molecule has 1 atom stereocenters. The fourth-order valence-corrected chi connectivity index (χ4v) is 2.12. The number of rotatable bonds is 4. The smallest absolute Gasteiger partial charge is 0.120 e. The molecule has 1 aromatic rings. The summed E-state index contributed by atoms with van der Waals surface area (Å²) in [7, 11) is 1.69. The van der Waals surface area contributed by atoms with Crippen molar-refractivity contribution in [2.75, 3.05) is 38.3 Å². The van der Waals surface area contributed by atoms with Crippen LogP contribution in [-0.4, -0.2) is 39.5 Å². The summed E-state index contributed by atoms with van der Waals surface area (Å²) in [5, 5.41) is 0. The first kappa shape index (κ1) is 12.2. The Morgan fingerprint density at radius 3 is 3.18 bits per heavy atom. The molecular weight excluding hydrogens is 216 g/mol. The molecule has 0 spiro atoms. The maximum atomic E-state index is 5.67. The Kier molecular flexibility index (Phi) is 4.23. The number of morpholine rings is 1. The first-order valence-corrected chi connectivity index (χ1v) is 6.04. The van der Waals surface area contributed by atoms with E-state index in [-0.39, 0.29) is 6.10 Å². The number of hydrogen-bond donors (Lipinski definition) is 1. The lowest BCUT2D eigenvalue weighted by atomic mass is 10.2. The van der Waals surface area contributed by atoms with Crippen molar-refractivity contribution in [1.29, 1.82) is 0 Å². The standard InChI is InChI=1S/C13H20N2O2/c1-16-12-4-2-3-11(9-12)15-7-8-17-13(10-15)5-6-14/h2-4,9,13H,5-8,10,14H2,1H3. The highest BCUT2D eigenvalue weighted by molar-refractivity contribution is 5.51. The quantitative estimate of drug-likeness (QED) is 0.854. The van der Waals surface area contributed by atoms with Gasteiger partial charge < -0.3 is 20.1 Å². The van der Waals surface area contributed by atoms with Crippen LogP contribution in [-0.2, 0) is 4.74 Å². The number of hydrogen-bond acceptors (Lipinski definition) is 4. The molecule has 1 aliphatic heterocycles. The van der Waals surface area contributed by atoms with E-state index in [4.69, 9.17) is 15.2 Å². The SMILES string of the molecule is COc1cccc(N2CCOC(CCN)C2)c1. The molecule has 2 rings (SSSR count). The van der Waals surface area contributed by atoms with Crippen molar-refractivity contribution >= 4 is 5.69 Å². The molecule has 4 heteroatoms. The summed E-state index contributed by atoms with van der Waals surface area (Å²) in [4.78, 5) is 2.33. The lowest BCUT2D eigenvalue weighted by Crippen LogP contribution is -2.43. The fraction of sp³-hybridized carbons (Fsp3) is 0.538. The highest BCUT2D eigenvalue weighted by Crippen LogP contribution is 2.23. The molecule has 0 radical (unpaired) electrons. The molecule has 94 valence electrons. The van der Waals surface area contributed by atoms with Crippen molar-refractivity contribution < 1.29 is 9.47 Å². The van der Waals surface area contributed by atoms with Crippen LogP contribution in [0.4, 0.5) is 5.69 Å². The predicted molar refractivity (Wildman–Crippen MR) is 68.6 cm³/mol.